The molecule has 0 amide bonds. The maximum Gasteiger partial charge on any atom is 0.0641 e. The number of hydrogen-bond donors (Lipinski definition) is 1. The highest BCUT2D eigenvalue weighted by atomic mass is 35.5. The van der Waals surface area contributed by atoms with E-state index in [0.717, 1.165) is 16.9 Å². The lowest BCUT2D eigenvalue weighted by Gasteiger charge is -2.09. The van der Waals surface area contributed by atoms with E-state index in [1.165, 1.54) is 0 Å². The fourth-order valence-corrected chi connectivity index (χ4v) is 1.92. The molecule has 1 N–H and O–H groups in total. The number of hydrogen-bond acceptors (Lipinski definition) is 2. The summed E-state index contributed by atoms with van der Waals surface area (Å²) in [7, 11) is 0. The molecule has 88 valence electrons. The van der Waals surface area contributed by atoms with Crippen LogP contribution in [0.5, 0.6) is 0 Å². The Balaban J connectivity index is 2.12. The number of rotatable bonds is 3. The summed E-state index contributed by atoms with van der Waals surface area (Å²) < 4.78 is 0. The lowest BCUT2D eigenvalue weighted by Crippen LogP contribution is -2.01. The molecule has 0 saturated heterocycles. The van der Waals surface area contributed by atoms with E-state index in [1.807, 2.05) is 37.3 Å². The van der Waals surface area contributed by atoms with Gasteiger partial charge in [0, 0.05) is 11.2 Å². The molecule has 0 bridgehead atoms. The van der Waals surface area contributed by atoms with E-state index in [9.17, 15) is 0 Å². The molecule has 0 atom stereocenters. The van der Waals surface area contributed by atoms with Crippen molar-refractivity contribution in [2.75, 3.05) is 5.32 Å². The molecular formula is C13H12Cl2N2. The first-order valence-electron chi connectivity index (χ1n) is 5.26. The summed E-state index contributed by atoms with van der Waals surface area (Å²) in [5.74, 6) is 0. The number of pyridine rings is 1. The molecule has 0 radical (unpaired) electrons. The standard InChI is InChI=1S/C13H12Cl2N2/c1-9-6-12(15)13(7-11(9)14)17-8-10-4-2-3-5-16-10/h2-7,17H,8H2,1H3. The first-order valence-corrected chi connectivity index (χ1v) is 6.02. The van der Waals surface area contributed by atoms with Gasteiger partial charge in [-0.3, -0.25) is 4.98 Å². The minimum Gasteiger partial charge on any atom is -0.378 e. The number of nitrogens with one attached hydrogen (secondary N) is 1. The summed E-state index contributed by atoms with van der Waals surface area (Å²) in [4.78, 5) is 4.22. The normalized spacial score (nSPS) is 10.3. The van der Waals surface area contributed by atoms with Gasteiger partial charge >= 0.3 is 0 Å². The molecule has 2 aromatic rings. The van der Waals surface area contributed by atoms with Gasteiger partial charge in [-0.2, -0.15) is 0 Å². The monoisotopic (exact) mass is 266 g/mol. The van der Waals surface area contributed by atoms with Crippen molar-refractivity contribution in [3.63, 3.8) is 0 Å². The number of nitrogens with zero attached hydrogens (tertiary/aromatic N) is 1. The van der Waals surface area contributed by atoms with Crippen molar-refractivity contribution in [2.45, 2.75) is 13.5 Å². The van der Waals surface area contributed by atoms with Crippen LogP contribution >= 0.6 is 23.2 Å². The van der Waals surface area contributed by atoms with E-state index in [4.69, 9.17) is 23.2 Å². The lowest BCUT2D eigenvalue weighted by molar-refractivity contribution is 1.05. The third-order valence-electron chi connectivity index (χ3n) is 2.43. The molecule has 2 nitrogen and oxygen atoms in total. The van der Waals surface area contributed by atoms with Crippen LogP contribution in [-0.2, 0) is 6.54 Å². The van der Waals surface area contributed by atoms with Gasteiger partial charge in [-0.05, 0) is 36.8 Å². The minimum absolute atomic E-state index is 0.625. The predicted octanol–water partition coefficient (Wildman–Crippen LogP) is 4.31. The largest absolute Gasteiger partial charge is 0.378 e. The van der Waals surface area contributed by atoms with Crippen LogP contribution in [-0.4, -0.2) is 4.98 Å². The fourth-order valence-electron chi connectivity index (χ4n) is 1.47. The average Bonchev–Trinajstić information content (AvgIpc) is 2.33. The smallest absolute Gasteiger partial charge is 0.0641 e. The summed E-state index contributed by atoms with van der Waals surface area (Å²) in [5.41, 5.74) is 2.76. The molecule has 0 fully saturated rings. The molecule has 0 aliphatic carbocycles. The van der Waals surface area contributed by atoms with Gasteiger partial charge in [0.05, 0.1) is 22.9 Å². The second kappa shape index (κ2) is 5.39. The molecule has 0 aliphatic rings. The van der Waals surface area contributed by atoms with Crippen LogP contribution in [0.15, 0.2) is 36.5 Å². The van der Waals surface area contributed by atoms with Crippen LogP contribution in [0.3, 0.4) is 0 Å². The Bertz CT molecular complexity index is 512. The first-order chi connectivity index (χ1) is 8.16. The van der Waals surface area contributed by atoms with Gasteiger partial charge in [0.15, 0.2) is 0 Å². The number of anilines is 1. The van der Waals surface area contributed by atoms with Crippen LogP contribution in [0, 0.1) is 6.92 Å². The van der Waals surface area contributed by atoms with E-state index in [2.05, 4.69) is 10.3 Å². The molecule has 2 rings (SSSR count). The molecule has 4 heteroatoms. The summed E-state index contributed by atoms with van der Waals surface area (Å²) in [6.45, 7) is 2.55. The quantitative estimate of drug-likeness (QED) is 0.896. The van der Waals surface area contributed by atoms with Crippen LogP contribution in [0.25, 0.3) is 0 Å². The second-order valence-corrected chi connectivity index (χ2v) is 4.57. The van der Waals surface area contributed by atoms with Crippen molar-refractivity contribution >= 4 is 28.9 Å². The van der Waals surface area contributed by atoms with Gasteiger partial charge in [0.1, 0.15) is 0 Å². The van der Waals surface area contributed by atoms with Crippen molar-refractivity contribution < 1.29 is 0 Å². The Labute approximate surface area is 111 Å². The third kappa shape index (κ3) is 3.11. The molecule has 17 heavy (non-hydrogen) atoms. The average molecular weight is 267 g/mol. The molecule has 0 unspecified atom stereocenters. The van der Waals surface area contributed by atoms with E-state index in [1.54, 1.807) is 6.20 Å². The van der Waals surface area contributed by atoms with Gasteiger partial charge in [-0.15, -0.1) is 0 Å². The highest BCUT2D eigenvalue weighted by molar-refractivity contribution is 6.35. The van der Waals surface area contributed by atoms with Crippen LogP contribution in [0.2, 0.25) is 10.0 Å². The van der Waals surface area contributed by atoms with Crippen molar-refractivity contribution in [3.8, 4) is 0 Å². The number of benzene rings is 1. The lowest BCUT2D eigenvalue weighted by atomic mass is 10.2. The molecule has 0 spiro atoms. The summed E-state index contributed by atoms with van der Waals surface area (Å²) in [5, 5.41) is 4.59. The Morgan fingerprint density at radius 3 is 2.71 bits per heavy atom. The number of halogens is 2. The van der Waals surface area contributed by atoms with E-state index in [-0.39, 0.29) is 0 Å². The first kappa shape index (κ1) is 12.2. The Kier molecular flexibility index (Phi) is 3.87. The van der Waals surface area contributed by atoms with Gasteiger partial charge in [0.25, 0.3) is 0 Å². The van der Waals surface area contributed by atoms with Gasteiger partial charge in [-0.25, -0.2) is 0 Å². The predicted molar refractivity (Wildman–Crippen MR) is 72.8 cm³/mol. The molecule has 0 aliphatic heterocycles. The Morgan fingerprint density at radius 2 is 2.00 bits per heavy atom. The second-order valence-electron chi connectivity index (χ2n) is 3.76. The molecule has 1 aromatic carbocycles. The van der Waals surface area contributed by atoms with Crippen molar-refractivity contribution in [2.24, 2.45) is 0 Å². The van der Waals surface area contributed by atoms with Crippen LogP contribution in [0.4, 0.5) is 5.69 Å². The summed E-state index contributed by atoms with van der Waals surface area (Å²) in [6, 6.07) is 9.48. The molecule has 1 heterocycles. The SMILES string of the molecule is Cc1cc(Cl)c(NCc2ccccn2)cc1Cl. The van der Waals surface area contributed by atoms with E-state index in [0.29, 0.717) is 16.6 Å². The summed E-state index contributed by atoms with van der Waals surface area (Å²) >= 11 is 12.2. The van der Waals surface area contributed by atoms with Crippen molar-refractivity contribution in [1.82, 2.24) is 4.98 Å². The highest BCUT2D eigenvalue weighted by Gasteiger charge is 2.04. The van der Waals surface area contributed by atoms with E-state index < -0.39 is 0 Å². The van der Waals surface area contributed by atoms with Gasteiger partial charge in [-0.1, -0.05) is 29.3 Å². The minimum atomic E-state index is 0.625. The molecule has 0 saturated carbocycles. The van der Waals surface area contributed by atoms with E-state index >= 15 is 0 Å². The maximum absolute atomic E-state index is 6.13. The van der Waals surface area contributed by atoms with Crippen LogP contribution in [0.1, 0.15) is 11.3 Å². The molecular weight excluding hydrogens is 255 g/mol. The highest BCUT2D eigenvalue weighted by Crippen LogP contribution is 2.28. The Morgan fingerprint density at radius 1 is 1.18 bits per heavy atom. The zero-order chi connectivity index (χ0) is 12.3. The maximum atomic E-state index is 6.13. The Hall–Kier alpha value is -1.25. The third-order valence-corrected chi connectivity index (χ3v) is 3.15. The number of aryl methyl sites for hydroxylation is 1. The topological polar surface area (TPSA) is 24.9 Å². The van der Waals surface area contributed by atoms with Crippen LogP contribution < -0.4 is 5.32 Å². The van der Waals surface area contributed by atoms with Crippen molar-refractivity contribution in [1.29, 1.82) is 0 Å². The van der Waals surface area contributed by atoms with Gasteiger partial charge in [0.2, 0.25) is 0 Å². The van der Waals surface area contributed by atoms with Gasteiger partial charge < -0.3 is 5.32 Å². The zero-order valence-corrected chi connectivity index (χ0v) is 10.9. The zero-order valence-electron chi connectivity index (χ0n) is 9.37. The fraction of sp³-hybridized carbons (Fsp3) is 0.154. The summed E-state index contributed by atoms with van der Waals surface area (Å²) in [6.07, 6.45) is 1.76. The number of aromatic nitrogens is 1. The molecule has 1 aromatic heterocycles. The van der Waals surface area contributed by atoms with Crippen molar-refractivity contribution in [3.05, 3.63) is 57.8 Å².